The van der Waals surface area contributed by atoms with Crippen molar-refractivity contribution in [3.63, 3.8) is 0 Å². The minimum Gasteiger partial charge on any atom is -0.481 e. The molecule has 0 aliphatic rings. The number of ether oxygens (including phenoxy) is 1. The Kier molecular flexibility index (Phi) is 3.81. The number of nitrogens with zero attached hydrogens (tertiary/aromatic N) is 5. The van der Waals surface area contributed by atoms with Crippen LogP contribution < -0.4 is 10.1 Å². The summed E-state index contributed by atoms with van der Waals surface area (Å²) in [6.45, 7) is 4.71. The van der Waals surface area contributed by atoms with Crippen LogP contribution in [0.25, 0.3) is 5.65 Å². The molecule has 0 saturated heterocycles. The van der Waals surface area contributed by atoms with Gasteiger partial charge in [-0.2, -0.15) is 5.10 Å². The lowest BCUT2D eigenvalue weighted by molar-refractivity contribution is 0.366. The number of aryl methyl sites for hydroxylation is 2. The zero-order chi connectivity index (χ0) is 15.7. The first-order valence-corrected chi connectivity index (χ1v) is 7.21. The molecule has 0 fully saturated rings. The molecule has 22 heavy (non-hydrogen) atoms. The van der Waals surface area contributed by atoms with E-state index in [1.165, 1.54) is 0 Å². The fourth-order valence-electron chi connectivity index (χ4n) is 2.64. The first-order valence-electron chi connectivity index (χ1n) is 7.21. The van der Waals surface area contributed by atoms with Gasteiger partial charge in [0.05, 0.1) is 24.4 Å². The maximum absolute atomic E-state index is 5.42. The summed E-state index contributed by atoms with van der Waals surface area (Å²) in [5.41, 5.74) is 2.87. The molecular weight excluding hydrogens is 280 g/mol. The summed E-state index contributed by atoms with van der Waals surface area (Å²) >= 11 is 0. The van der Waals surface area contributed by atoms with Crippen LogP contribution in [0.2, 0.25) is 0 Å². The third-order valence-corrected chi connectivity index (χ3v) is 3.79. The molecule has 0 unspecified atom stereocenters. The molecule has 0 amide bonds. The topological polar surface area (TPSA) is 69.3 Å². The minimum atomic E-state index is 0.0571. The first kappa shape index (κ1) is 14.5. The maximum Gasteiger partial charge on any atom is 0.216 e. The van der Waals surface area contributed by atoms with Gasteiger partial charge < -0.3 is 10.1 Å². The van der Waals surface area contributed by atoms with E-state index in [0.29, 0.717) is 6.54 Å². The molecule has 116 valence electrons. The quantitative estimate of drug-likeness (QED) is 0.775. The van der Waals surface area contributed by atoms with E-state index < -0.39 is 0 Å². The Balaban J connectivity index is 1.79. The fourth-order valence-corrected chi connectivity index (χ4v) is 2.64. The summed E-state index contributed by atoms with van der Waals surface area (Å²) in [6, 6.07) is 5.93. The van der Waals surface area contributed by atoms with E-state index in [2.05, 4.69) is 27.5 Å². The van der Waals surface area contributed by atoms with Crippen LogP contribution >= 0.6 is 0 Å². The second-order valence-electron chi connectivity index (χ2n) is 5.29. The van der Waals surface area contributed by atoms with Crippen molar-refractivity contribution in [2.24, 2.45) is 7.05 Å². The van der Waals surface area contributed by atoms with Crippen LogP contribution in [0, 0.1) is 6.92 Å². The minimum absolute atomic E-state index is 0.0571. The molecule has 3 rings (SSSR count). The van der Waals surface area contributed by atoms with Gasteiger partial charge in [0.25, 0.3) is 0 Å². The smallest absolute Gasteiger partial charge is 0.216 e. The van der Waals surface area contributed by atoms with E-state index >= 15 is 0 Å². The van der Waals surface area contributed by atoms with Crippen LogP contribution in [-0.2, 0) is 13.6 Å². The number of hydrogen-bond donors (Lipinski definition) is 1. The average molecular weight is 300 g/mol. The normalized spacial score (nSPS) is 12.7. The van der Waals surface area contributed by atoms with Gasteiger partial charge in [-0.05, 0) is 26.0 Å². The lowest BCUT2D eigenvalue weighted by Crippen LogP contribution is -2.21. The van der Waals surface area contributed by atoms with Gasteiger partial charge in [0.15, 0.2) is 11.5 Å². The predicted molar refractivity (Wildman–Crippen MR) is 82.7 cm³/mol. The Morgan fingerprint density at radius 2 is 2.14 bits per heavy atom. The lowest BCUT2D eigenvalue weighted by atomic mass is 10.2. The SMILES string of the molecule is COc1c(CN[C@H](C)c2nnc3ccccn23)c(C)nn1C. The molecule has 0 aliphatic heterocycles. The summed E-state index contributed by atoms with van der Waals surface area (Å²) in [7, 11) is 3.54. The third kappa shape index (κ3) is 2.43. The molecule has 3 aromatic heterocycles. The van der Waals surface area contributed by atoms with E-state index in [-0.39, 0.29) is 6.04 Å². The fraction of sp³-hybridized carbons (Fsp3) is 0.400. The summed E-state index contributed by atoms with van der Waals surface area (Å²) < 4.78 is 9.16. The molecule has 3 heterocycles. The number of nitrogens with one attached hydrogen (secondary N) is 1. The summed E-state index contributed by atoms with van der Waals surface area (Å²) in [6.07, 6.45) is 1.97. The van der Waals surface area contributed by atoms with Crippen LogP contribution in [-0.4, -0.2) is 31.5 Å². The van der Waals surface area contributed by atoms with E-state index in [9.17, 15) is 0 Å². The van der Waals surface area contributed by atoms with Crippen molar-refractivity contribution < 1.29 is 4.74 Å². The van der Waals surface area contributed by atoms with Gasteiger partial charge in [-0.25, -0.2) is 4.68 Å². The third-order valence-electron chi connectivity index (χ3n) is 3.79. The summed E-state index contributed by atoms with van der Waals surface area (Å²) in [4.78, 5) is 0. The standard InChI is InChI=1S/C15H20N6O/c1-10-12(15(22-4)20(3)19-10)9-16-11(2)14-18-17-13-7-5-6-8-21(13)14/h5-8,11,16H,9H2,1-4H3/t11-/m1/s1. The van der Waals surface area contributed by atoms with Crippen molar-refractivity contribution in [2.45, 2.75) is 26.4 Å². The number of hydrogen-bond acceptors (Lipinski definition) is 5. The molecule has 7 heteroatoms. The largest absolute Gasteiger partial charge is 0.481 e. The molecule has 1 atom stereocenters. The molecule has 0 bridgehead atoms. The van der Waals surface area contributed by atoms with Crippen molar-refractivity contribution in [2.75, 3.05) is 7.11 Å². The molecule has 0 spiro atoms. The van der Waals surface area contributed by atoms with Gasteiger partial charge in [-0.3, -0.25) is 4.40 Å². The Morgan fingerprint density at radius 1 is 1.32 bits per heavy atom. The van der Waals surface area contributed by atoms with Crippen LogP contribution in [0.4, 0.5) is 0 Å². The second-order valence-corrected chi connectivity index (χ2v) is 5.29. The van der Waals surface area contributed by atoms with Crippen LogP contribution in [0.15, 0.2) is 24.4 Å². The number of fused-ring (bicyclic) bond motifs is 1. The van der Waals surface area contributed by atoms with Crippen LogP contribution in [0.3, 0.4) is 0 Å². The summed E-state index contributed by atoms with van der Waals surface area (Å²) in [5, 5.41) is 16.3. The summed E-state index contributed by atoms with van der Waals surface area (Å²) in [5.74, 6) is 1.67. The molecule has 0 aromatic carbocycles. The second kappa shape index (κ2) is 5.76. The molecular formula is C15H20N6O. The van der Waals surface area contributed by atoms with Crippen molar-refractivity contribution in [3.8, 4) is 5.88 Å². The van der Waals surface area contributed by atoms with E-state index in [0.717, 1.165) is 28.6 Å². The highest BCUT2D eigenvalue weighted by Gasteiger charge is 2.17. The van der Waals surface area contributed by atoms with Gasteiger partial charge in [0, 0.05) is 19.8 Å². The number of pyridine rings is 1. The predicted octanol–water partition coefficient (Wildman–Crippen LogP) is 1.63. The van der Waals surface area contributed by atoms with Gasteiger partial charge in [-0.15, -0.1) is 10.2 Å². The van der Waals surface area contributed by atoms with Crippen molar-refractivity contribution in [1.29, 1.82) is 0 Å². The molecule has 0 aliphatic carbocycles. The average Bonchev–Trinajstić information content (AvgIpc) is 3.05. The molecule has 7 nitrogen and oxygen atoms in total. The highest BCUT2D eigenvalue weighted by molar-refractivity contribution is 5.37. The Labute approximate surface area is 128 Å². The van der Waals surface area contributed by atoms with Crippen molar-refractivity contribution in [1.82, 2.24) is 29.7 Å². The number of rotatable bonds is 5. The Hall–Kier alpha value is -2.41. The highest BCUT2D eigenvalue weighted by atomic mass is 16.5. The van der Waals surface area contributed by atoms with Gasteiger partial charge >= 0.3 is 0 Å². The zero-order valence-electron chi connectivity index (χ0n) is 13.2. The van der Waals surface area contributed by atoms with Crippen molar-refractivity contribution >= 4 is 5.65 Å². The lowest BCUT2D eigenvalue weighted by Gasteiger charge is -2.13. The van der Waals surface area contributed by atoms with E-state index in [4.69, 9.17) is 4.74 Å². The first-order chi connectivity index (χ1) is 10.6. The van der Waals surface area contributed by atoms with E-state index in [1.54, 1.807) is 11.8 Å². The Morgan fingerprint density at radius 3 is 2.91 bits per heavy atom. The zero-order valence-corrected chi connectivity index (χ0v) is 13.2. The highest BCUT2D eigenvalue weighted by Crippen LogP contribution is 2.22. The monoisotopic (exact) mass is 300 g/mol. The molecule has 0 radical (unpaired) electrons. The Bertz CT molecular complexity index is 791. The molecule has 1 N–H and O–H groups in total. The van der Waals surface area contributed by atoms with Crippen LogP contribution in [0.1, 0.15) is 30.0 Å². The maximum atomic E-state index is 5.42. The van der Waals surface area contributed by atoms with Gasteiger partial charge in [-0.1, -0.05) is 6.07 Å². The molecule has 3 aromatic rings. The van der Waals surface area contributed by atoms with Crippen molar-refractivity contribution in [3.05, 3.63) is 41.5 Å². The number of aromatic nitrogens is 5. The molecule has 0 saturated carbocycles. The van der Waals surface area contributed by atoms with Gasteiger partial charge in [0.2, 0.25) is 5.88 Å². The van der Waals surface area contributed by atoms with E-state index in [1.807, 2.05) is 42.8 Å². The van der Waals surface area contributed by atoms with Crippen LogP contribution in [0.5, 0.6) is 5.88 Å². The number of methoxy groups -OCH3 is 1. The van der Waals surface area contributed by atoms with Gasteiger partial charge in [0.1, 0.15) is 0 Å².